The summed E-state index contributed by atoms with van der Waals surface area (Å²) in [6, 6.07) is 0. The van der Waals surface area contributed by atoms with Gasteiger partial charge < -0.3 is 0 Å². The van der Waals surface area contributed by atoms with Crippen molar-refractivity contribution in [3.05, 3.63) is 23.8 Å². The van der Waals surface area contributed by atoms with Gasteiger partial charge in [-0.05, 0) is 55.9 Å². The predicted octanol–water partition coefficient (Wildman–Crippen LogP) is 3.92. The van der Waals surface area contributed by atoms with Gasteiger partial charge in [-0.1, -0.05) is 38.5 Å². The lowest BCUT2D eigenvalue weighted by Gasteiger charge is -2.61. The van der Waals surface area contributed by atoms with Crippen molar-refractivity contribution in [3.8, 4) is 0 Å². The van der Waals surface area contributed by atoms with E-state index in [4.69, 9.17) is 0 Å². The first-order chi connectivity index (χ1) is 11.6. The molecule has 3 heteroatoms. The number of Topliss-reactive ketones (excluding diaryl/α,β-unsaturated/α-hetero) is 2. The lowest BCUT2D eigenvalue weighted by Crippen LogP contribution is -2.59. The Labute approximate surface area is 149 Å². The maximum absolute atomic E-state index is 12.8. The van der Waals surface area contributed by atoms with E-state index < -0.39 is 0 Å². The molecule has 25 heavy (non-hydrogen) atoms. The monoisotopic (exact) mass is 340 g/mol. The summed E-state index contributed by atoms with van der Waals surface area (Å²) < 4.78 is 0. The smallest absolute Gasteiger partial charge is 0.222 e. The minimum Gasteiger partial charge on any atom is -0.299 e. The highest BCUT2D eigenvalue weighted by atomic mass is 16.2. The average Bonchev–Trinajstić information content (AvgIpc) is 2.86. The predicted molar refractivity (Wildman–Crippen MR) is 95.7 cm³/mol. The second-order valence-electron chi connectivity index (χ2n) is 9.34. The Morgan fingerprint density at radius 2 is 1.80 bits per heavy atom. The van der Waals surface area contributed by atoms with Gasteiger partial charge in [-0.3, -0.25) is 14.4 Å². The van der Waals surface area contributed by atoms with Gasteiger partial charge >= 0.3 is 0 Å². The van der Waals surface area contributed by atoms with Crippen LogP contribution in [0.1, 0.15) is 53.4 Å². The standard InChI is InChI=1S/C22H28O3/c1-11-10-16(23)20(25)19-13(3)12(2)18-14-6-7-17(24)21(14,4)9-8-15(18)22(11,19)5/h10,12,14-15,18-19H,3,6-9H2,1-2,4-5H3/t12-,14+,15+,18+,19?,21+,22-/m1/s1. The van der Waals surface area contributed by atoms with Crippen LogP contribution >= 0.6 is 0 Å². The molecule has 0 aliphatic heterocycles. The number of carbonyl (C=O) groups is 3. The summed E-state index contributed by atoms with van der Waals surface area (Å²) in [5.41, 5.74) is 1.41. The Morgan fingerprint density at radius 1 is 1.12 bits per heavy atom. The molecule has 0 aromatic heterocycles. The van der Waals surface area contributed by atoms with E-state index in [0.29, 0.717) is 30.0 Å². The van der Waals surface area contributed by atoms with E-state index in [1.54, 1.807) is 6.08 Å². The molecular formula is C22H28O3. The Bertz CT molecular complexity index is 744. The quantitative estimate of drug-likeness (QED) is 0.496. The fourth-order valence-corrected chi connectivity index (χ4v) is 7.00. The largest absolute Gasteiger partial charge is 0.299 e. The van der Waals surface area contributed by atoms with Crippen LogP contribution in [0.3, 0.4) is 0 Å². The third-order valence-corrected chi connectivity index (χ3v) is 8.65. The maximum atomic E-state index is 12.8. The van der Waals surface area contributed by atoms with Crippen molar-refractivity contribution in [2.75, 3.05) is 0 Å². The van der Waals surface area contributed by atoms with E-state index in [1.165, 1.54) is 0 Å². The molecule has 0 saturated heterocycles. The third kappa shape index (κ3) is 1.85. The molecule has 1 unspecified atom stereocenters. The molecule has 0 aromatic rings. The van der Waals surface area contributed by atoms with Gasteiger partial charge in [-0.15, -0.1) is 0 Å². The normalized spacial score (nSPS) is 49.4. The molecule has 0 bridgehead atoms. The van der Waals surface area contributed by atoms with E-state index in [2.05, 4.69) is 27.4 Å². The van der Waals surface area contributed by atoms with Gasteiger partial charge in [0.1, 0.15) is 5.78 Å². The van der Waals surface area contributed by atoms with Gasteiger partial charge in [0.05, 0.1) is 5.92 Å². The van der Waals surface area contributed by atoms with Gasteiger partial charge in [0.2, 0.25) is 11.6 Å². The lowest BCUT2D eigenvalue weighted by atomic mass is 9.41. The molecule has 0 aromatic carbocycles. The van der Waals surface area contributed by atoms with Crippen molar-refractivity contribution in [1.82, 2.24) is 0 Å². The summed E-state index contributed by atoms with van der Waals surface area (Å²) >= 11 is 0. The summed E-state index contributed by atoms with van der Waals surface area (Å²) in [6.07, 6.45) is 5.09. The van der Waals surface area contributed by atoms with Crippen molar-refractivity contribution in [2.45, 2.75) is 53.4 Å². The highest BCUT2D eigenvalue weighted by Crippen LogP contribution is 2.67. The number of carbonyl (C=O) groups excluding carboxylic acids is 3. The van der Waals surface area contributed by atoms with Crippen molar-refractivity contribution in [2.24, 2.45) is 40.4 Å². The average molecular weight is 340 g/mol. The summed E-state index contributed by atoms with van der Waals surface area (Å²) in [4.78, 5) is 37.5. The van der Waals surface area contributed by atoms with Crippen LogP contribution in [0.4, 0.5) is 0 Å². The number of ketones is 3. The summed E-state index contributed by atoms with van der Waals surface area (Å²) in [7, 11) is 0. The van der Waals surface area contributed by atoms with Gasteiger partial charge in [0.15, 0.2) is 0 Å². The highest BCUT2D eigenvalue weighted by Gasteiger charge is 2.64. The van der Waals surface area contributed by atoms with E-state index >= 15 is 0 Å². The van der Waals surface area contributed by atoms with Crippen molar-refractivity contribution in [3.63, 3.8) is 0 Å². The third-order valence-electron chi connectivity index (χ3n) is 8.65. The van der Waals surface area contributed by atoms with Gasteiger partial charge in [-0.25, -0.2) is 0 Å². The first-order valence-corrected chi connectivity index (χ1v) is 9.63. The molecule has 4 aliphatic rings. The Hall–Kier alpha value is -1.51. The summed E-state index contributed by atoms with van der Waals surface area (Å²) in [6.45, 7) is 12.8. The molecule has 3 fully saturated rings. The van der Waals surface area contributed by atoms with Gasteiger partial charge in [0.25, 0.3) is 0 Å². The van der Waals surface area contributed by atoms with Crippen molar-refractivity contribution < 1.29 is 14.4 Å². The molecule has 4 aliphatic carbocycles. The van der Waals surface area contributed by atoms with Crippen LogP contribution in [0.5, 0.6) is 0 Å². The minimum absolute atomic E-state index is 0.182. The first-order valence-electron chi connectivity index (χ1n) is 9.63. The molecule has 3 saturated carbocycles. The minimum atomic E-state index is -0.386. The Morgan fingerprint density at radius 3 is 2.48 bits per heavy atom. The van der Waals surface area contributed by atoms with Crippen LogP contribution in [-0.2, 0) is 14.4 Å². The molecule has 0 radical (unpaired) electrons. The molecule has 3 nitrogen and oxygen atoms in total. The van der Waals surface area contributed by atoms with Gasteiger partial charge in [0, 0.05) is 17.3 Å². The Balaban J connectivity index is 1.87. The number of hydrogen-bond acceptors (Lipinski definition) is 3. The molecular weight excluding hydrogens is 312 g/mol. The Kier molecular flexibility index (Phi) is 3.40. The SMILES string of the molecule is C=C1C2C(=O)C(=O)C=C(C)[C@]2(C)[C@H]2CC[C@]3(C)C(=O)CC[C@H]3[C@@H]2[C@@H]1C. The number of allylic oxidation sites excluding steroid dienone is 3. The zero-order valence-corrected chi connectivity index (χ0v) is 15.7. The highest BCUT2D eigenvalue weighted by molar-refractivity contribution is 6.44. The second kappa shape index (κ2) is 5.02. The zero-order valence-electron chi connectivity index (χ0n) is 15.7. The molecule has 134 valence electrons. The van der Waals surface area contributed by atoms with Crippen LogP contribution in [0.2, 0.25) is 0 Å². The molecule has 0 amide bonds. The van der Waals surface area contributed by atoms with Crippen LogP contribution in [0.25, 0.3) is 0 Å². The summed E-state index contributed by atoms with van der Waals surface area (Å²) in [5.74, 6) is 0.664. The van der Waals surface area contributed by atoms with Crippen LogP contribution in [-0.4, -0.2) is 17.3 Å². The number of rotatable bonds is 0. The van der Waals surface area contributed by atoms with Crippen molar-refractivity contribution in [1.29, 1.82) is 0 Å². The van der Waals surface area contributed by atoms with Crippen LogP contribution in [0.15, 0.2) is 23.8 Å². The van der Waals surface area contributed by atoms with E-state index in [0.717, 1.165) is 30.4 Å². The maximum Gasteiger partial charge on any atom is 0.222 e. The van der Waals surface area contributed by atoms with E-state index in [1.807, 2.05) is 6.92 Å². The molecule has 4 rings (SSSR count). The van der Waals surface area contributed by atoms with Crippen LogP contribution < -0.4 is 0 Å². The zero-order chi connectivity index (χ0) is 18.3. The fourth-order valence-electron chi connectivity index (χ4n) is 7.00. The van der Waals surface area contributed by atoms with Crippen LogP contribution in [0, 0.1) is 40.4 Å². The molecule has 7 atom stereocenters. The number of hydrogen-bond donors (Lipinski definition) is 0. The van der Waals surface area contributed by atoms with Crippen molar-refractivity contribution >= 4 is 17.3 Å². The molecule has 0 N–H and O–H groups in total. The topological polar surface area (TPSA) is 51.2 Å². The summed E-state index contributed by atoms with van der Waals surface area (Å²) in [5, 5.41) is 0. The molecule has 0 heterocycles. The van der Waals surface area contributed by atoms with E-state index in [9.17, 15) is 14.4 Å². The lowest BCUT2D eigenvalue weighted by molar-refractivity contribution is -0.147. The van der Waals surface area contributed by atoms with Gasteiger partial charge in [-0.2, -0.15) is 0 Å². The number of fused-ring (bicyclic) bond motifs is 5. The second-order valence-corrected chi connectivity index (χ2v) is 9.34. The first kappa shape index (κ1) is 16.9. The fraction of sp³-hybridized carbons (Fsp3) is 0.682. The van der Waals surface area contributed by atoms with E-state index in [-0.39, 0.29) is 34.2 Å². The molecule has 0 spiro atoms.